The summed E-state index contributed by atoms with van der Waals surface area (Å²) in [6.45, 7) is 6.49. The first kappa shape index (κ1) is 29.7. The van der Waals surface area contributed by atoms with Gasteiger partial charge in [0.25, 0.3) is 11.4 Å². The molecule has 0 aliphatic heterocycles. The van der Waals surface area contributed by atoms with E-state index in [1.165, 1.54) is 13.8 Å². The predicted octanol–water partition coefficient (Wildman–Crippen LogP) is 5.89. The van der Waals surface area contributed by atoms with E-state index in [4.69, 9.17) is 18.9 Å². The summed E-state index contributed by atoms with van der Waals surface area (Å²) in [7, 11) is 0. The number of nitro benzene ring substituents is 2. The molecule has 0 saturated heterocycles. The normalized spacial score (nSPS) is 12.1. The molecule has 2 unspecified atom stereocenters. The maximum absolute atomic E-state index is 12.7. The third-order valence-electron chi connectivity index (χ3n) is 5.20. The van der Waals surface area contributed by atoms with Crippen LogP contribution in [0.2, 0.25) is 0 Å². The Morgan fingerprint density at radius 3 is 1.42 bits per heavy atom. The van der Waals surface area contributed by atoms with Crippen molar-refractivity contribution in [1.29, 1.82) is 0 Å². The summed E-state index contributed by atoms with van der Waals surface area (Å²) in [4.78, 5) is 57.8. The van der Waals surface area contributed by atoms with Gasteiger partial charge in [0.05, 0.1) is 9.85 Å². The highest BCUT2D eigenvalue weighted by molar-refractivity contribution is 5.72. The molecule has 0 N–H and O–H groups in total. The van der Waals surface area contributed by atoms with Crippen LogP contribution in [0.25, 0.3) is 0 Å². The number of non-ortho nitro benzene ring substituents is 2. The molecule has 0 amide bonds. The maximum Gasteiger partial charge on any atom is 0.519 e. The summed E-state index contributed by atoms with van der Waals surface area (Å²) in [5, 5.41) is 22.5. The van der Waals surface area contributed by atoms with Crippen molar-refractivity contribution in [3.8, 4) is 11.5 Å². The van der Waals surface area contributed by atoms with Gasteiger partial charge in [-0.3, -0.25) is 29.8 Å². The van der Waals surface area contributed by atoms with Crippen LogP contribution in [0.1, 0.15) is 76.7 Å². The van der Waals surface area contributed by atoms with Crippen molar-refractivity contribution in [2.75, 3.05) is 0 Å². The summed E-state index contributed by atoms with van der Waals surface area (Å²) in [6, 6.07) is 6.73. The third-order valence-corrected chi connectivity index (χ3v) is 5.20. The lowest BCUT2D eigenvalue weighted by Crippen LogP contribution is -2.18. The van der Waals surface area contributed by atoms with Crippen LogP contribution in [-0.4, -0.2) is 27.9 Å². The second kappa shape index (κ2) is 13.7. The molecule has 38 heavy (non-hydrogen) atoms. The Hall–Kier alpha value is -4.55. The van der Waals surface area contributed by atoms with E-state index in [0.717, 1.165) is 36.4 Å². The minimum atomic E-state index is -1.28. The van der Waals surface area contributed by atoms with E-state index in [9.17, 15) is 34.6 Å². The smallest absolute Gasteiger partial charge is 0.458 e. The monoisotopic (exact) mass is 532 g/mol. The summed E-state index contributed by atoms with van der Waals surface area (Å²) in [5.74, 6) is -1.41. The Balaban J connectivity index is 2.34. The topological polar surface area (TPSA) is 174 Å². The van der Waals surface area contributed by atoms with Gasteiger partial charge in [0.2, 0.25) is 0 Å². The Labute approximate surface area is 217 Å². The Morgan fingerprint density at radius 2 is 1.11 bits per heavy atom. The first-order valence-corrected chi connectivity index (χ1v) is 11.8. The fourth-order valence-corrected chi connectivity index (χ4v) is 3.37. The molecule has 0 aliphatic rings. The van der Waals surface area contributed by atoms with Crippen molar-refractivity contribution in [3.05, 3.63) is 67.8 Å². The van der Waals surface area contributed by atoms with Gasteiger partial charge in [0.15, 0.2) is 0 Å². The molecule has 0 heterocycles. The number of carbonyl (C=O) groups excluding carboxylic acids is 3. The Morgan fingerprint density at radius 1 is 0.737 bits per heavy atom. The van der Waals surface area contributed by atoms with Gasteiger partial charge < -0.3 is 18.9 Å². The summed E-state index contributed by atoms with van der Waals surface area (Å²) < 4.78 is 21.1. The number of nitro groups is 2. The van der Waals surface area contributed by atoms with Crippen molar-refractivity contribution >= 4 is 29.5 Å². The standard InChI is InChI=1S/C25H28N2O11/c1-5-7-23(28)35-15(3)19-13-17(26(31)32)9-11-21(19)37-25(30)38-22-12-10-18(27(33)34)14-20(22)16(4)36-24(29)8-6-2/h9-16H,5-8H2,1-4H3. The lowest BCUT2D eigenvalue weighted by atomic mass is 10.1. The van der Waals surface area contributed by atoms with E-state index in [0.29, 0.717) is 12.8 Å². The number of hydrogen-bond donors (Lipinski definition) is 0. The summed E-state index contributed by atoms with van der Waals surface area (Å²) in [6.07, 6.45) is -1.97. The maximum atomic E-state index is 12.7. The van der Waals surface area contributed by atoms with Gasteiger partial charge in [0.1, 0.15) is 23.7 Å². The first-order valence-electron chi connectivity index (χ1n) is 11.8. The number of nitrogens with zero attached hydrogens (tertiary/aromatic N) is 2. The van der Waals surface area contributed by atoms with Gasteiger partial charge in [-0.25, -0.2) is 4.79 Å². The fraction of sp³-hybridized carbons (Fsp3) is 0.400. The summed E-state index contributed by atoms with van der Waals surface area (Å²) in [5.41, 5.74) is -0.545. The van der Waals surface area contributed by atoms with Crippen LogP contribution in [0.4, 0.5) is 16.2 Å². The molecule has 2 aromatic carbocycles. The molecular weight excluding hydrogens is 504 g/mol. The molecular formula is C25H28N2O11. The molecule has 0 aromatic heterocycles. The molecule has 0 saturated carbocycles. The second-order valence-corrected chi connectivity index (χ2v) is 8.18. The van der Waals surface area contributed by atoms with Crippen LogP contribution in [0, 0.1) is 20.2 Å². The molecule has 2 aromatic rings. The number of ether oxygens (including phenoxy) is 4. The van der Waals surface area contributed by atoms with Crippen LogP contribution in [0.15, 0.2) is 36.4 Å². The molecule has 204 valence electrons. The van der Waals surface area contributed by atoms with Crippen molar-refractivity contribution in [2.24, 2.45) is 0 Å². The van der Waals surface area contributed by atoms with Gasteiger partial charge in [0, 0.05) is 48.2 Å². The Bertz CT molecular complexity index is 1120. The fourth-order valence-electron chi connectivity index (χ4n) is 3.37. The first-order chi connectivity index (χ1) is 18.0. The molecule has 0 bridgehead atoms. The molecule has 2 atom stereocenters. The molecule has 0 spiro atoms. The number of rotatable bonds is 12. The molecule has 2 rings (SSSR count). The highest BCUT2D eigenvalue weighted by Crippen LogP contribution is 2.34. The van der Waals surface area contributed by atoms with Gasteiger partial charge in [-0.1, -0.05) is 13.8 Å². The van der Waals surface area contributed by atoms with Crippen LogP contribution in [-0.2, 0) is 19.1 Å². The highest BCUT2D eigenvalue weighted by Gasteiger charge is 2.25. The van der Waals surface area contributed by atoms with E-state index < -0.39 is 40.1 Å². The minimum absolute atomic E-state index is 0.0476. The predicted molar refractivity (Wildman–Crippen MR) is 132 cm³/mol. The van der Waals surface area contributed by atoms with Crippen molar-refractivity contribution in [2.45, 2.75) is 65.6 Å². The van der Waals surface area contributed by atoms with Crippen LogP contribution >= 0.6 is 0 Å². The number of hydrogen-bond acceptors (Lipinski definition) is 11. The molecule has 0 radical (unpaired) electrons. The van der Waals surface area contributed by atoms with Crippen LogP contribution in [0.5, 0.6) is 11.5 Å². The van der Waals surface area contributed by atoms with E-state index >= 15 is 0 Å². The second-order valence-electron chi connectivity index (χ2n) is 8.18. The molecule has 0 fully saturated rings. The van der Waals surface area contributed by atoms with Gasteiger partial charge in [-0.2, -0.15) is 0 Å². The zero-order chi connectivity index (χ0) is 28.4. The third kappa shape index (κ3) is 8.25. The average molecular weight is 533 g/mol. The SMILES string of the molecule is CCCC(=O)OC(C)c1cc([N+](=O)[O-])ccc1OC(=O)Oc1ccc([N+](=O)[O-])cc1C(C)OC(=O)CCC. The number of esters is 2. The average Bonchev–Trinajstić information content (AvgIpc) is 2.84. The van der Waals surface area contributed by atoms with Crippen LogP contribution in [0.3, 0.4) is 0 Å². The van der Waals surface area contributed by atoms with Gasteiger partial charge >= 0.3 is 18.1 Å². The molecule has 13 heteroatoms. The number of carbonyl (C=O) groups is 3. The van der Waals surface area contributed by atoms with Crippen molar-refractivity contribution in [3.63, 3.8) is 0 Å². The Kier molecular flexibility index (Phi) is 10.7. The minimum Gasteiger partial charge on any atom is -0.458 e. The van der Waals surface area contributed by atoms with Crippen LogP contribution < -0.4 is 9.47 Å². The lowest BCUT2D eigenvalue weighted by Gasteiger charge is -2.18. The number of benzene rings is 2. The quantitative estimate of drug-likeness (QED) is 0.138. The van der Waals surface area contributed by atoms with Crippen molar-refractivity contribution in [1.82, 2.24) is 0 Å². The van der Waals surface area contributed by atoms with Gasteiger partial charge in [-0.15, -0.1) is 0 Å². The van der Waals surface area contributed by atoms with E-state index in [-0.39, 0.29) is 46.8 Å². The van der Waals surface area contributed by atoms with Gasteiger partial charge in [-0.05, 0) is 38.8 Å². The van der Waals surface area contributed by atoms with E-state index in [2.05, 4.69) is 0 Å². The molecule has 0 aliphatic carbocycles. The summed E-state index contributed by atoms with van der Waals surface area (Å²) >= 11 is 0. The van der Waals surface area contributed by atoms with Crippen molar-refractivity contribution < 1.29 is 43.2 Å². The zero-order valence-electron chi connectivity index (χ0n) is 21.3. The molecule has 13 nitrogen and oxygen atoms in total. The highest BCUT2D eigenvalue weighted by atomic mass is 16.7. The lowest BCUT2D eigenvalue weighted by molar-refractivity contribution is -0.385. The largest absolute Gasteiger partial charge is 0.519 e. The van der Waals surface area contributed by atoms with E-state index in [1.54, 1.807) is 13.8 Å². The zero-order valence-corrected chi connectivity index (χ0v) is 21.3. The van der Waals surface area contributed by atoms with E-state index in [1.807, 2.05) is 0 Å².